The van der Waals surface area contributed by atoms with Crippen LogP contribution < -0.4 is 4.90 Å². The number of rotatable bonds is 7. The predicted octanol–water partition coefficient (Wildman–Crippen LogP) is 5.47. The number of hydrogen-bond donors (Lipinski definition) is 0. The molecule has 0 bridgehead atoms. The third-order valence-electron chi connectivity index (χ3n) is 4.00. The van der Waals surface area contributed by atoms with Gasteiger partial charge in [-0.1, -0.05) is 44.2 Å². The van der Waals surface area contributed by atoms with Gasteiger partial charge in [0, 0.05) is 11.3 Å². The van der Waals surface area contributed by atoms with Crippen LogP contribution in [0.5, 0.6) is 0 Å². The van der Waals surface area contributed by atoms with E-state index in [0.717, 1.165) is 5.56 Å². The molecule has 0 saturated carbocycles. The molecule has 1 heterocycles. The number of carbonyl (C=O) groups excluding carboxylic acids is 1. The normalized spacial score (nSPS) is 11.1. The molecule has 8 heteroatoms. The van der Waals surface area contributed by atoms with Crippen LogP contribution >= 0.6 is 0 Å². The molecule has 0 aliphatic carbocycles. The van der Waals surface area contributed by atoms with Gasteiger partial charge in [-0.15, -0.1) is 10.2 Å². The third-order valence-corrected chi connectivity index (χ3v) is 4.00. The Kier molecular flexibility index (Phi) is 6.54. The summed E-state index contributed by atoms with van der Waals surface area (Å²) < 4.78 is 35.6. The molecule has 1 amide bonds. The molecular formula is C21H21F2N3O3. The van der Waals surface area contributed by atoms with Crippen molar-refractivity contribution in [3.8, 4) is 11.5 Å². The van der Waals surface area contributed by atoms with Gasteiger partial charge in [0.05, 0.1) is 13.2 Å². The second kappa shape index (κ2) is 9.27. The maximum atomic E-state index is 12.6. The monoisotopic (exact) mass is 401 g/mol. The lowest BCUT2D eigenvalue weighted by Gasteiger charge is -2.23. The molecule has 29 heavy (non-hydrogen) atoms. The highest BCUT2D eigenvalue weighted by Gasteiger charge is 2.19. The number of aromatic nitrogens is 2. The molecule has 6 nitrogen and oxygen atoms in total. The van der Waals surface area contributed by atoms with E-state index in [1.807, 2.05) is 44.2 Å². The van der Waals surface area contributed by atoms with E-state index >= 15 is 0 Å². The van der Waals surface area contributed by atoms with Gasteiger partial charge in [-0.3, -0.25) is 4.90 Å². The van der Waals surface area contributed by atoms with Crippen molar-refractivity contribution in [1.82, 2.24) is 10.2 Å². The van der Waals surface area contributed by atoms with E-state index in [0.29, 0.717) is 17.9 Å². The summed E-state index contributed by atoms with van der Waals surface area (Å²) in [5.74, 6) is -0.473. The summed E-state index contributed by atoms with van der Waals surface area (Å²) in [5.41, 5.74) is 2.05. The number of para-hydroxylation sites is 1. The largest absolute Gasteiger partial charge is 0.449 e. The summed E-state index contributed by atoms with van der Waals surface area (Å²) in [6.45, 7) is 4.55. The quantitative estimate of drug-likeness (QED) is 0.525. The molecule has 0 aliphatic heterocycles. The Hall–Kier alpha value is -3.29. The number of nitrogens with zero attached hydrogens (tertiary/aromatic N) is 3. The SMILES string of the molecule is CC(C)COC(=O)N(Cc1ccc(-c2nnc(C(F)F)o2)cc1)c1ccccc1. The molecule has 0 fully saturated rings. The topological polar surface area (TPSA) is 68.5 Å². The zero-order valence-electron chi connectivity index (χ0n) is 16.1. The molecule has 152 valence electrons. The summed E-state index contributed by atoms with van der Waals surface area (Å²) >= 11 is 0. The minimum atomic E-state index is -2.81. The average molecular weight is 401 g/mol. The van der Waals surface area contributed by atoms with Crippen LogP contribution in [-0.4, -0.2) is 22.9 Å². The lowest BCUT2D eigenvalue weighted by atomic mass is 10.1. The van der Waals surface area contributed by atoms with E-state index in [9.17, 15) is 13.6 Å². The van der Waals surface area contributed by atoms with E-state index in [-0.39, 0.29) is 18.4 Å². The van der Waals surface area contributed by atoms with Crippen molar-refractivity contribution in [1.29, 1.82) is 0 Å². The molecule has 1 aromatic heterocycles. The van der Waals surface area contributed by atoms with Crippen molar-refractivity contribution >= 4 is 11.8 Å². The maximum absolute atomic E-state index is 12.6. The first-order valence-corrected chi connectivity index (χ1v) is 9.14. The first kappa shape index (κ1) is 20.4. The number of amides is 1. The van der Waals surface area contributed by atoms with Crippen LogP contribution in [0.25, 0.3) is 11.5 Å². The van der Waals surface area contributed by atoms with Crippen LogP contribution in [0.1, 0.15) is 31.7 Å². The minimum Gasteiger partial charge on any atom is -0.449 e. The summed E-state index contributed by atoms with van der Waals surface area (Å²) in [6, 6.07) is 16.1. The van der Waals surface area contributed by atoms with Gasteiger partial charge < -0.3 is 9.15 Å². The number of halogens is 2. The third kappa shape index (κ3) is 5.37. The molecule has 3 aromatic rings. The van der Waals surface area contributed by atoms with Gasteiger partial charge in [0.15, 0.2) is 0 Å². The predicted molar refractivity (Wildman–Crippen MR) is 104 cm³/mol. The van der Waals surface area contributed by atoms with Crippen LogP contribution in [-0.2, 0) is 11.3 Å². The summed E-state index contributed by atoms with van der Waals surface area (Å²) in [6.07, 6.45) is -3.25. The summed E-state index contributed by atoms with van der Waals surface area (Å²) in [4.78, 5) is 14.1. The fourth-order valence-corrected chi connectivity index (χ4v) is 2.56. The van der Waals surface area contributed by atoms with E-state index in [2.05, 4.69) is 10.2 Å². The fraction of sp³-hybridized carbons (Fsp3) is 0.286. The Morgan fingerprint density at radius 1 is 1.07 bits per heavy atom. The first-order chi connectivity index (χ1) is 13.9. The lowest BCUT2D eigenvalue weighted by molar-refractivity contribution is 0.116. The number of anilines is 1. The van der Waals surface area contributed by atoms with Gasteiger partial charge in [0.1, 0.15) is 0 Å². The molecule has 0 unspecified atom stereocenters. The molecular weight excluding hydrogens is 380 g/mol. The Morgan fingerprint density at radius 2 is 1.76 bits per heavy atom. The van der Waals surface area contributed by atoms with Crippen LogP contribution in [0.3, 0.4) is 0 Å². The van der Waals surface area contributed by atoms with Gasteiger partial charge in [-0.2, -0.15) is 8.78 Å². The maximum Gasteiger partial charge on any atom is 0.414 e. The minimum absolute atomic E-state index is 0.0168. The number of ether oxygens (including phenoxy) is 1. The van der Waals surface area contributed by atoms with E-state index < -0.39 is 18.4 Å². The van der Waals surface area contributed by atoms with E-state index in [1.165, 1.54) is 0 Å². The highest BCUT2D eigenvalue weighted by molar-refractivity contribution is 5.87. The first-order valence-electron chi connectivity index (χ1n) is 9.14. The molecule has 0 spiro atoms. The zero-order valence-corrected chi connectivity index (χ0v) is 16.1. The van der Waals surface area contributed by atoms with Crippen molar-refractivity contribution in [2.45, 2.75) is 26.8 Å². The van der Waals surface area contributed by atoms with Gasteiger partial charge >= 0.3 is 12.5 Å². The van der Waals surface area contributed by atoms with Crippen molar-refractivity contribution in [2.24, 2.45) is 5.92 Å². The van der Waals surface area contributed by atoms with Crippen LogP contribution in [0.15, 0.2) is 59.0 Å². The molecule has 0 aliphatic rings. The van der Waals surface area contributed by atoms with Gasteiger partial charge in [-0.25, -0.2) is 4.79 Å². The highest BCUT2D eigenvalue weighted by Crippen LogP contribution is 2.24. The van der Waals surface area contributed by atoms with Crippen LogP contribution in [0.4, 0.5) is 19.3 Å². The van der Waals surface area contributed by atoms with E-state index in [4.69, 9.17) is 9.15 Å². The van der Waals surface area contributed by atoms with Crippen molar-refractivity contribution in [2.75, 3.05) is 11.5 Å². The Bertz CT molecular complexity index is 928. The Labute approximate surface area is 167 Å². The highest BCUT2D eigenvalue weighted by atomic mass is 19.3. The molecule has 0 saturated heterocycles. The summed E-state index contributed by atoms with van der Waals surface area (Å²) in [7, 11) is 0. The number of alkyl halides is 2. The zero-order chi connectivity index (χ0) is 20.8. The van der Waals surface area contributed by atoms with Crippen LogP contribution in [0.2, 0.25) is 0 Å². The lowest BCUT2D eigenvalue weighted by Crippen LogP contribution is -2.31. The number of hydrogen-bond acceptors (Lipinski definition) is 5. The second-order valence-electron chi connectivity index (χ2n) is 6.84. The number of carbonyl (C=O) groups is 1. The smallest absolute Gasteiger partial charge is 0.414 e. The van der Waals surface area contributed by atoms with Gasteiger partial charge in [0.25, 0.3) is 5.89 Å². The molecule has 0 N–H and O–H groups in total. The average Bonchev–Trinajstić information content (AvgIpc) is 3.22. The summed E-state index contributed by atoms with van der Waals surface area (Å²) in [5, 5.41) is 6.96. The van der Waals surface area contributed by atoms with Crippen molar-refractivity contribution in [3.05, 3.63) is 66.1 Å². The van der Waals surface area contributed by atoms with Crippen LogP contribution in [0, 0.1) is 5.92 Å². The van der Waals surface area contributed by atoms with Crippen molar-refractivity contribution < 1.29 is 22.7 Å². The van der Waals surface area contributed by atoms with Crippen molar-refractivity contribution in [3.63, 3.8) is 0 Å². The molecule has 2 aromatic carbocycles. The molecule has 3 rings (SSSR count). The Balaban J connectivity index is 1.77. The Morgan fingerprint density at radius 3 is 2.34 bits per heavy atom. The fourth-order valence-electron chi connectivity index (χ4n) is 2.56. The molecule has 0 radical (unpaired) electrons. The second-order valence-corrected chi connectivity index (χ2v) is 6.84. The van der Waals surface area contributed by atoms with Gasteiger partial charge in [0.2, 0.25) is 5.89 Å². The number of benzene rings is 2. The standard InChI is InChI=1S/C21H21F2N3O3/c1-14(2)13-28-21(27)26(17-6-4-3-5-7-17)12-15-8-10-16(11-9-15)19-24-25-20(29-19)18(22)23/h3-11,14,18H,12-13H2,1-2H3. The molecule has 0 atom stereocenters. The van der Waals surface area contributed by atoms with Gasteiger partial charge in [-0.05, 0) is 35.7 Å². The van der Waals surface area contributed by atoms with E-state index in [1.54, 1.807) is 29.2 Å².